The quantitative estimate of drug-likeness (QED) is 0.814. The average Bonchev–Trinajstić information content (AvgIpc) is 2.66. The Balaban J connectivity index is 1.81. The lowest BCUT2D eigenvalue weighted by Gasteiger charge is -2.17. The molecule has 15 heavy (non-hydrogen) atoms. The van der Waals surface area contributed by atoms with E-state index < -0.39 is 0 Å². The molecule has 0 amide bonds. The molecule has 3 nitrogen and oxygen atoms in total. The highest BCUT2D eigenvalue weighted by Crippen LogP contribution is 2.61. The summed E-state index contributed by atoms with van der Waals surface area (Å²) in [5.41, 5.74) is 0. The monoisotopic (exact) mass is 205 g/mol. The summed E-state index contributed by atoms with van der Waals surface area (Å²) >= 11 is 0. The van der Waals surface area contributed by atoms with Crippen molar-refractivity contribution in [1.29, 1.82) is 0 Å². The van der Waals surface area contributed by atoms with E-state index in [0.29, 0.717) is 6.04 Å². The molecule has 2 fully saturated rings. The lowest BCUT2D eigenvalue weighted by atomic mass is 10.0. The van der Waals surface area contributed by atoms with Gasteiger partial charge in [-0.15, -0.1) is 0 Å². The second-order valence-corrected chi connectivity index (χ2v) is 5.00. The van der Waals surface area contributed by atoms with Gasteiger partial charge in [-0.05, 0) is 37.6 Å². The van der Waals surface area contributed by atoms with Gasteiger partial charge in [-0.25, -0.2) is 4.98 Å². The van der Waals surface area contributed by atoms with Gasteiger partial charge in [0.05, 0.1) is 6.04 Å². The molecule has 1 aromatic heterocycles. The van der Waals surface area contributed by atoms with Crippen molar-refractivity contribution < 1.29 is 0 Å². The van der Waals surface area contributed by atoms with Crippen LogP contribution in [0.3, 0.4) is 0 Å². The average molecular weight is 205 g/mol. The van der Waals surface area contributed by atoms with E-state index in [1.165, 1.54) is 25.1 Å². The molecule has 2 aliphatic carbocycles. The summed E-state index contributed by atoms with van der Waals surface area (Å²) in [5, 5.41) is 3.45. The number of hydrogen-bond donors (Lipinski definition) is 1. The molecule has 1 heterocycles. The fourth-order valence-electron chi connectivity index (χ4n) is 3.54. The van der Waals surface area contributed by atoms with Gasteiger partial charge in [-0.1, -0.05) is 6.42 Å². The standard InChI is InChI=1S/C12H19N3/c1-13-11(12-14-6-7-15(12)2)10-8-4-3-5-9(8)10/h6-11,13H,3-5H2,1-2H3. The number of fused-ring (bicyclic) bond motifs is 1. The number of nitrogens with one attached hydrogen (secondary N) is 1. The first-order valence-electron chi connectivity index (χ1n) is 5.97. The number of rotatable bonds is 3. The Morgan fingerprint density at radius 2 is 2.20 bits per heavy atom. The SMILES string of the molecule is CNC(c1nccn1C)C1C2CCCC21. The Hall–Kier alpha value is -0.830. The second kappa shape index (κ2) is 3.34. The van der Waals surface area contributed by atoms with Crippen LogP contribution in [-0.4, -0.2) is 16.6 Å². The molecule has 2 saturated carbocycles. The Bertz CT molecular complexity index is 348. The van der Waals surface area contributed by atoms with Gasteiger partial charge in [0.25, 0.3) is 0 Å². The first-order chi connectivity index (χ1) is 7.33. The molecule has 0 radical (unpaired) electrons. The minimum absolute atomic E-state index is 0.473. The third kappa shape index (κ3) is 1.33. The molecule has 0 aliphatic heterocycles. The summed E-state index contributed by atoms with van der Waals surface area (Å²) in [6.45, 7) is 0. The van der Waals surface area contributed by atoms with Gasteiger partial charge in [-0.3, -0.25) is 0 Å². The summed E-state index contributed by atoms with van der Waals surface area (Å²) in [6, 6.07) is 0.473. The van der Waals surface area contributed by atoms with E-state index in [4.69, 9.17) is 0 Å². The van der Waals surface area contributed by atoms with Crippen LogP contribution < -0.4 is 5.32 Å². The van der Waals surface area contributed by atoms with Gasteiger partial charge in [-0.2, -0.15) is 0 Å². The van der Waals surface area contributed by atoms with E-state index in [2.05, 4.69) is 29.0 Å². The molecule has 2 aliphatic rings. The molecule has 0 spiro atoms. The van der Waals surface area contributed by atoms with Crippen LogP contribution in [0.4, 0.5) is 0 Å². The van der Waals surface area contributed by atoms with Crippen LogP contribution in [0.1, 0.15) is 31.1 Å². The lowest BCUT2D eigenvalue weighted by Crippen LogP contribution is -2.23. The number of imidazole rings is 1. The van der Waals surface area contributed by atoms with E-state index >= 15 is 0 Å². The molecule has 3 atom stereocenters. The predicted octanol–water partition coefficient (Wildman–Crippen LogP) is 1.73. The molecular formula is C12H19N3. The van der Waals surface area contributed by atoms with Crippen LogP contribution in [0.2, 0.25) is 0 Å². The van der Waals surface area contributed by atoms with Crippen molar-refractivity contribution in [3.8, 4) is 0 Å². The molecule has 3 unspecified atom stereocenters. The zero-order valence-electron chi connectivity index (χ0n) is 9.48. The van der Waals surface area contributed by atoms with Gasteiger partial charge in [0.1, 0.15) is 5.82 Å². The Morgan fingerprint density at radius 1 is 1.47 bits per heavy atom. The molecule has 82 valence electrons. The van der Waals surface area contributed by atoms with Crippen molar-refractivity contribution in [3.63, 3.8) is 0 Å². The second-order valence-electron chi connectivity index (χ2n) is 5.00. The number of aryl methyl sites for hydroxylation is 1. The Labute approximate surface area is 90.9 Å². The van der Waals surface area contributed by atoms with Gasteiger partial charge >= 0.3 is 0 Å². The topological polar surface area (TPSA) is 29.9 Å². The third-order valence-corrected chi connectivity index (χ3v) is 4.31. The molecule has 1 aromatic rings. The maximum atomic E-state index is 4.48. The van der Waals surface area contributed by atoms with Gasteiger partial charge < -0.3 is 9.88 Å². The molecule has 0 saturated heterocycles. The van der Waals surface area contributed by atoms with Crippen molar-refractivity contribution in [3.05, 3.63) is 18.2 Å². The van der Waals surface area contributed by atoms with Crippen LogP contribution in [0.5, 0.6) is 0 Å². The van der Waals surface area contributed by atoms with Crippen molar-refractivity contribution in [1.82, 2.24) is 14.9 Å². The minimum Gasteiger partial charge on any atom is -0.337 e. The van der Waals surface area contributed by atoms with Crippen LogP contribution in [0, 0.1) is 17.8 Å². The molecular weight excluding hydrogens is 186 g/mol. The zero-order chi connectivity index (χ0) is 10.4. The largest absolute Gasteiger partial charge is 0.337 e. The van der Waals surface area contributed by atoms with Crippen LogP contribution in [-0.2, 0) is 7.05 Å². The predicted molar refractivity (Wildman–Crippen MR) is 59.3 cm³/mol. The van der Waals surface area contributed by atoms with Gasteiger partial charge in [0.2, 0.25) is 0 Å². The fraction of sp³-hybridized carbons (Fsp3) is 0.750. The smallest absolute Gasteiger partial charge is 0.125 e. The van der Waals surface area contributed by atoms with Gasteiger partial charge in [0.15, 0.2) is 0 Å². The van der Waals surface area contributed by atoms with Crippen LogP contribution >= 0.6 is 0 Å². The third-order valence-electron chi connectivity index (χ3n) is 4.31. The lowest BCUT2D eigenvalue weighted by molar-refractivity contribution is 0.418. The molecule has 1 N–H and O–H groups in total. The molecule has 0 bridgehead atoms. The summed E-state index contributed by atoms with van der Waals surface area (Å²) in [6.07, 6.45) is 8.27. The van der Waals surface area contributed by atoms with E-state index in [1.807, 2.05) is 12.4 Å². The van der Waals surface area contributed by atoms with Crippen molar-refractivity contribution >= 4 is 0 Å². The van der Waals surface area contributed by atoms with Crippen molar-refractivity contribution in [2.24, 2.45) is 24.8 Å². The number of nitrogens with zero attached hydrogens (tertiary/aromatic N) is 2. The Morgan fingerprint density at radius 3 is 2.73 bits per heavy atom. The highest BCUT2D eigenvalue weighted by atomic mass is 15.1. The Kier molecular flexibility index (Phi) is 2.09. The first-order valence-corrected chi connectivity index (χ1v) is 5.97. The summed E-state index contributed by atoms with van der Waals surface area (Å²) in [5.74, 6) is 4.03. The van der Waals surface area contributed by atoms with E-state index in [-0.39, 0.29) is 0 Å². The summed E-state index contributed by atoms with van der Waals surface area (Å²) in [4.78, 5) is 4.48. The van der Waals surface area contributed by atoms with Crippen molar-refractivity contribution in [2.45, 2.75) is 25.3 Å². The van der Waals surface area contributed by atoms with E-state index in [9.17, 15) is 0 Å². The zero-order valence-corrected chi connectivity index (χ0v) is 9.48. The maximum Gasteiger partial charge on any atom is 0.125 e. The summed E-state index contributed by atoms with van der Waals surface area (Å²) in [7, 11) is 4.15. The highest BCUT2D eigenvalue weighted by molar-refractivity contribution is 5.12. The molecule has 3 heteroatoms. The highest BCUT2D eigenvalue weighted by Gasteiger charge is 2.56. The fourth-order valence-corrected chi connectivity index (χ4v) is 3.54. The maximum absolute atomic E-state index is 4.48. The van der Waals surface area contributed by atoms with Crippen LogP contribution in [0.25, 0.3) is 0 Å². The normalized spacial score (nSPS) is 35.2. The number of aromatic nitrogens is 2. The minimum atomic E-state index is 0.473. The number of hydrogen-bond acceptors (Lipinski definition) is 2. The van der Waals surface area contributed by atoms with E-state index in [1.54, 1.807) is 0 Å². The van der Waals surface area contributed by atoms with Gasteiger partial charge in [0, 0.05) is 19.4 Å². The van der Waals surface area contributed by atoms with Crippen molar-refractivity contribution in [2.75, 3.05) is 7.05 Å². The van der Waals surface area contributed by atoms with E-state index in [0.717, 1.165) is 17.8 Å². The molecule has 0 aromatic carbocycles. The van der Waals surface area contributed by atoms with Crippen LogP contribution in [0.15, 0.2) is 12.4 Å². The summed E-state index contributed by atoms with van der Waals surface area (Å²) < 4.78 is 2.15. The first kappa shape index (κ1) is 9.40. The molecule has 3 rings (SSSR count).